The van der Waals surface area contributed by atoms with Gasteiger partial charge in [0.1, 0.15) is 5.75 Å². The zero-order valence-corrected chi connectivity index (χ0v) is 16.6. The molecule has 0 aliphatic rings. The number of hydrogen-bond donors (Lipinski definition) is 0. The van der Waals surface area contributed by atoms with Crippen molar-refractivity contribution >= 4 is 17.3 Å². The summed E-state index contributed by atoms with van der Waals surface area (Å²) in [6.07, 6.45) is 1.59. The van der Waals surface area contributed by atoms with Crippen LogP contribution in [0.4, 0.5) is 5.69 Å². The fourth-order valence-corrected chi connectivity index (χ4v) is 3.15. The van der Waals surface area contributed by atoms with Gasteiger partial charge in [0, 0.05) is 35.5 Å². The van der Waals surface area contributed by atoms with Crippen molar-refractivity contribution in [1.82, 2.24) is 14.6 Å². The topological polar surface area (TPSA) is 109 Å². The molecule has 2 aromatic heterocycles. The molecule has 0 unspecified atom stereocenters. The predicted octanol–water partition coefficient (Wildman–Crippen LogP) is 3.91. The molecule has 31 heavy (non-hydrogen) atoms. The molecule has 0 aliphatic carbocycles. The number of benzene rings is 2. The van der Waals surface area contributed by atoms with Crippen LogP contribution in [-0.4, -0.2) is 38.7 Å². The Hall–Kier alpha value is -4.27. The summed E-state index contributed by atoms with van der Waals surface area (Å²) in [7, 11) is 0. The lowest BCUT2D eigenvalue weighted by Gasteiger charge is -2.12. The van der Waals surface area contributed by atoms with Gasteiger partial charge in [0.15, 0.2) is 12.3 Å². The zero-order valence-electron chi connectivity index (χ0n) is 16.6. The Morgan fingerprint density at radius 3 is 2.68 bits per heavy atom. The average Bonchev–Trinajstić information content (AvgIpc) is 3.23. The first-order valence-corrected chi connectivity index (χ1v) is 9.54. The number of esters is 1. The molecule has 9 nitrogen and oxygen atoms in total. The van der Waals surface area contributed by atoms with Gasteiger partial charge in [-0.15, -0.1) is 0 Å². The van der Waals surface area contributed by atoms with Crippen LogP contribution in [0.25, 0.3) is 28.2 Å². The van der Waals surface area contributed by atoms with E-state index in [9.17, 15) is 14.9 Å². The molecular weight excluding hydrogens is 400 g/mol. The van der Waals surface area contributed by atoms with Crippen molar-refractivity contribution in [3.05, 3.63) is 77.0 Å². The van der Waals surface area contributed by atoms with Crippen LogP contribution in [0.3, 0.4) is 0 Å². The summed E-state index contributed by atoms with van der Waals surface area (Å²) < 4.78 is 12.1. The van der Waals surface area contributed by atoms with E-state index in [4.69, 9.17) is 9.47 Å². The van der Waals surface area contributed by atoms with Gasteiger partial charge in [-0.3, -0.25) is 10.1 Å². The zero-order chi connectivity index (χ0) is 21.8. The number of hydrogen-bond acceptors (Lipinski definition) is 7. The molecule has 156 valence electrons. The van der Waals surface area contributed by atoms with Gasteiger partial charge in [0.05, 0.1) is 22.9 Å². The van der Waals surface area contributed by atoms with Gasteiger partial charge in [-0.05, 0) is 19.1 Å². The second-order valence-electron chi connectivity index (χ2n) is 6.53. The Bertz CT molecular complexity index is 1250. The summed E-state index contributed by atoms with van der Waals surface area (Å²) >= 11 is 0. The van der Waals surface area contributed by atoms with Crippen LogP contribution in [-0.2, 0) is 9.53 Å². The Labute approximate surface area is 177 Å². The van der Waals surface area contributed by atoms with Crippen molar-refractivity contribution < 1.29 is 19.2 Å². The lowest BCUT2D eigenvalue weighted by molar-refractivity contribution is -0.384. The average molecular weight is 418 g/mol. The third-order valence-electron chi connectivity index (χ3n) is 4.53. The van der Waals surface area contributed by atoms with E-state index in [-0.39, 0.29) is 18.9 Å². The van der Waals surface area contributed by atoms with Gasteiger partial charge in [-0.25, -0.2) is 14.3 Å². The SMILES string of the molecule is CCOC(=O)COc1ccc([N+](=O)[O-])cc1-c1ccnc2cc(-c3ccccc3)nn12. The Kier molecular flexibility index (Phi) is 5.57. The summed E-state index contributed by atoms with van der Waals surface area (Å²) in [5, 5.41) is 16.0. The molecular formula is C22H18N4O5. The number of carbonyl (C=O) groups excluding carboxylic acids is 1. The molecule has 4 rings (SSSR count). The maximum Gasteiger partial charge on any atom is 0.344 e. The van der Waals surface area contributed by atoms with Crippen molar-refractivity contribution in [3.8, 4) is 28.3 Å². The highest BCUT2D eigenvalue weighted by molar-refractivity contribution is 5.75. The first-order valence-electron chi connectivity index (χ1n) is 9.54. The van der Waals surface area contributed by atoms with Gasteiger partial charge < -0.3 is 9.47 Å². The molecule has 0 N–H and O–H groups in total. The monoisotopic (exact) mass is 418 g/mol. The molecule has 0 fully saturated rings. The number of aromatic nitrogens is 3. The minimum absolute atomic E-state index is 0.112. The first kappa shape index (κ1) is 20.0. The molecule has 0 aliphatic heterocycles. The molecule has 0 amide bonds. The van der Waals surface area contributed by atoms with Gasteiger partial charge in [0.2, 0.25) is 0 Å². The maximum atomic E-state index is 11.7. The Balaban J connectivity index is 1.81. The quantitative estimate of drug-likeness (QED) is 0.254. The van der Waals surface area contributed by atoms with E-state index < -0.39 is 10.9 Å². The van der Waals surface area contributed by atoms with Crippen molar-refractivity contribution in [1.29, 1.82) is 0 Å². The van der Waals surface area contributed by atoms with Gasteiger partial charge in [0.25, 0.3) is 5.69 Å². The van der Waals surface area contributed by atoms with E-state index in [1.54, 1.807) is 23.7 Å². The van der Waals surface area contributed by atoms with E-state index in [0.29, 0.717) is 28.3 Å². The summed E-state index contributed by atoms with van der Waals surface area (Å²) in [6, 6.07) is 17.3. The van der Waals surface area contributed by atoms with Crippen molar-refractivity contribution in [2.75, 3.05) is 13.2 Å². The minimum Gasteiger partial charge on any atom is -0.481 e. The van der Waals surface area contributed by atoms with Crippen LogP contribution in [0.1, 0.15) is 6.92 Å². The fourth-order valence-electron chi connectivity index (χ4n) is 3.15. The minimum atomic E-state index is -0.530. The van der Waals surface area contributed by atoms with E-state index in [0.717, 1.165) is 5.56 Å². The molecule has 0 atom stereocenters. The third-order valence-corrected chi connectivity index (χ3v) is 4.53. The molecule has 0 radical (unpaired) electrons. The number of nitrogens with zero attached hydrogens (tertiary/aromatic N) is 4. The number of rotatable bonds is 7. The van der Waals surface area contributed by atoms with Gasteiger partial charge in [-0.2, -0.15) is 5.10 Å². The largest absolute Gasteiger partial charge is 0.481 e. The summed E-state index contributed by atoms with van der Waals surface area (Å²) in [5.41, 5.74) is 3.03. The maximum absolute atomic E-state index is 11.7. The summed E-state index contributed by atoms with van der Waals surface area (Å²) in [6.45, 7) is 1.61. The number of nitro benzene ring substituents is 1. The summed E-state index contributed by atoms with van der Waals surface area (Å²) in [5.74, 6) is -0.236. The van der Waals surface area contributed by atoms with Gasteiger partial charge in [-0.1, -0.05) is 30.3 Å². The van der Waals surface area contributed by atoms with E-state index in [1.165, 1.54) is 18.2 Å². The number of carbonyl (C=O) groups is 1. The number of ether oxygens (including phenoxy) is 2. The molecule has 0 saturated heterocycles. The predicted molar refractivity (Wildman–Crippen MR) is 113 cm³/mol. The van der Waals surface area contributed by atoms with Crippen molar-refractivity contribution in [3.63, 3.8) is 0 Å². The fraction of sp³-hybridized carbons (Fsp3) is 0.136. The van der Waals surface area contributed by atoms with Crippen LogP contribution in [0.5, 0.6) is 5.75 Å². The molecule has 2 heterocycles. The Morgan fingerprint density at radius 2 is 1.94 bits per heavy atom. The molecule has 0 spiro atoms. The van der Waals surface area contributed by atoms with E-state index >= 15 is 0 Å². The van der Waals surface area contributed by atoms with E-state index in [1.807, 2.05) is 36.4 Å². The smallest absolute Gasteiger partial charge is 0.344 e. The molecule has 0 bridgehead atoms. The number of fused-ring (bicyclic) bond motifs is 1. The van der Waals surface area contributed by atoms with Crippen LogP contribution < -0.4 is 4.74 Å². The highest BCUT2D eigenvalue weighted by Crippen LogP contribution is 2.34. The number of non-ortho nitro benzene ring substituents is 1. The second kappa shape index (κ2) is 8.62. The van der Waals surface area contributed by atoms with Crippen LogP contribution in [0.15, 0.2) is 66.9 Å². The van der Waals surface area contributed by atoms with Crippen molar-refractivity contribution in [2.45, 2.75) is 6.92 Å². The van der Waals surface area contributed by atoms with Gasteiger partial charge >= 0.3 is 5.97 Å². The van der Waals surface area contributed by atoms with Crippen molar-refractivity contribution in [2.24, 2.45) is 0 Å². The molecule has 0 saturated carbocycles. The third kappa shape index (κ3) is 4.20. The Morgan fingerprint density at radius 1 is 1.13 bits per heavy atom. The lowest BCUT2D eigenvalue weighted by atomic mass is 10.1. The first-order chi connectivity index (χ1) is 15.1. The van der Waals surface area contributed by atoms with E-state index in [2.05, 4.69) is 10.1 Å². The highest BCUT2D eigenvalue weighted by atomic mass is 16.6. The van der Waals surface area contributed by atoms with Crippen LogP contribution >= 0.6 is 0 Å². The van der Waals surface area contributed by atoms with Crippen LogP contribution in [0, 0.1) is 10.1 Å². The standard InChI is InChI=1S/C22H18N4O5/c1-2-30-22(27)14-31-20-9-8-16(26(28)29)12-17(20)19-10-11-23-21-13-18(24-25(19)21)15-6-4-3-5-7-15/h3-13H,2,14H2,1H3. The normalized spacial score (nSPS) is 10.7. The molecule has 9 heteroatoms. The second-order valence-corrected chi connectivity index (χ2v) is 6.53. The molecule has 4 aromatic rings. The van der Waals surface area contributed by atoms with Crippen LogP contribution in [0.2, 0.25) is 0 Å². The molecule has 2 aromatic carbocycles. The number of nitro groups is 1. The highest BCUT2D eigenvalue weighted by Gasteiger charge is 2.18. The lowest BCUT2D eigenvalue weighted by Crippen LogP contribution is -2.15. The summed E-state index contributed by atoms with van der Waals surface area (Å²) in [4.78, 5) is 26.9.